The number of rotatable bonds is 15. The Balaban J connectivity index is 1.83. The molecule has 0 amide bonds. The van der Waals surface area contributed by atoms with E-state index < -0.39 is 0 Å². The minimum absolute atomic E-state index is 0.953. The number of hydrazine groups is 1. The van der Waals surface area contributed by atoms with Crippen molar-refractivity contribution in [2.45, 2.75) is 84.0 Å². The summed E-state index contributed by atoms with van der Waals surface area (Å²) in [7, 11) is 0. The minimum atomic E-state index is 0.953. The number of anilines is 1. The van der Waals surface area contributed by atoms with Gasteiger partial charge < -0.3 is 5.01 Å². The molecule has 2 N–H and O–H groups in total. The number of hydrogen-bond acceptors (Lipinski definition) is 2. The highest BCUT2D eigenvalue weighted by Crippen LogP contribution is 2.13. The van der Waals surface area contributed by atoms with Gasteiger partial charge in [-0.25, -0.2) is 5.84 Å². The molecule has 136 valence electrons. The van der Waals surface area contributed by atoms with Crippen LogP contribution in [0.25, 0.3) is 0 Å². The predicted octanol–water partition coefficient (Wildman–Crippen LogP) is 6.62. The number of unbranched alkanes of at least 4 members (excludes halogenated alkanes) is 10. The molecule has 0 unspecified atom stereocenters. The average molecular weight is 331 g/mol. The maximum Gasteiger partial charge on any atom is 0.0517 e. The molecule has 0 spiro atoms. The van der Waals surface area contributed by atoms with Gasteiger partial charge in [0, 0.05) is 6.54 Å². The van der Waals surface area contributed by atoms with Crippen LogP contribution in [0.2, 0.25) is 0 Å². The van der Waals surface area contributed by atoms with Crippen molar-refractivity contribution < 1.29 is 0 Å². The first-order valence-electron chi connectivity index (χ1n) is 10.1. The van der Waals surface area contributed by atoms with Crippen LogP contribution < -0.4 is 10.9 Å². The first-order valence-corrected chi connectivity index (χ1v) is 10.1. The number of benzene rings is 1. The normalized spacial score (nSPS) is 11.2. The van der Waals surface area contributed by atoms with E-state index in [9.17, 15) is 0 Å². The molecule has 0 heterocycles. The van der Waals surface area contributed by atoms with E-state index in [0.717, 1.165) is 12.2 Å². The van der Waals surface area contributed by atoms with E-state index in [-0.39, 0.29) is 0 Å². The summed E-state index contributed by atoms with van der Waals surface area (Å²) < 4.78 is 0. The summed E-state index contributed by atoms with van der Waals surface area (Å²) >= 11 is 0. The fraction of sp³-hybridized carbons (Fsp3) is 0.636. The summed E-state index contributed by atoms with van der Waals surface area (Å²) in [4.78, 5) is 0. The summed E-state index contributed by atoms with van der Waals surface area (Å²) in [6, 6.07) is 10.2. The minimum Gasteiger partial charge on any atom is -0.311 e. The number of hydrogen-bond donors (Lipinski definition) is 1. The van der Waals surface area contributed by atoms with Crippen molar-refractivity contribution in [2.24, 2.45) is 5.84 Å². The van der Waals surface area contributed by atoms with Gasteiger partial charge in [0.2, 0.25) is 0 Å². The lowest BCUT2D eigenvalue weighted by Crippen LogP contribution is -2.31. The Labute approximate surface area is 150 Å². The van der Waals surface area contributed by atoms with Crippen LogP contribution >= 0.6 is 0 Å². The number of para-hydroxylation sites is 1. The van der Waals surface area contributed by atoms with Gasteiger partial charge in [0.15, 0.2) is 0 Å². The molecule has 0 aromatic heterocycles. The fourth-order valence-corrected chi connectivity index (χ4v) is 2.91. The third-order valence-corrected chi connectivity index (χ3v) is 4.50. The van der Waals surface area contributed by atoms with Crippen molar-refractivity contribution >= 4 is 5.69 Å². The van der Waals surface area contributed by atoms with Crippen LogP contribution in [0.5, 0.6) is 0 Å². The van der Waals surface area contributed by atoms with Gasteiger partial charge in [-0.05, 0) is 37.8 Å². The molecule has 1 aromatic carbocycles. The molecular weight excluding hydrogens is 292 g/mol. The van der Waals surface area contributed by atoms with Crippen molar-refractivity contribution in [2.75, 3.05) is 11.6 Å². The fourth-order valence-electron chi connectivity index (χ4n) is 2.91. The summed E-state index contributed by atoms with van der Waals surface area (Å²) in [5.74, 6) is 6.07. The van der Waals surface area contributed by atoms with Gasteiger partial charge >= 0.3 is 0 Å². The molecule has 24 heavy (non-hydrogen) atoms. The molecule has 2 nitrogen and oxygen atoms in total. The van der Waals surface area contributed by atoms with Crippen LogP contribution in [-0.2, 0) is 0 Å². The molecule has 0 aliphatic rings. The van der Waals surface area contributed by atoms with E-state index in [1.807, 2.05) is 23.2 Å². The van der Waals surface area contributed by atoms with Crippen LogP contribution in [-0.4, -0.2) is 6.54 Å². The largest absolute Gasteiger partial charge is 0.311 e. The zero-order valence-corrected chi connectivity index (χ0v) is 15.8. The molecule has 1 aromatic rings. The highest BCUT2D eigenvalue weighted by Gasteiger charge is 1.99. The Morgan fingerprint density at radius 1 is 0.750 bits per heavy atom. The summed E-state index contributed by atoms with van der Waals surface area (Å²) in [5.41, 5.74) is 1.11. The van der Waals surface area contributed by atoms with Gasteiger partial charge in [-0.15, -0.1) is 0 Å². The van der Waals surface area contributed by atoms with Crippen LogP contribution in [0.4, 0.5) is 5.69 Å². The first kappa shape index (κ1) is 20.8. The Hall–Kier alpha value is -1.28. The van der Waals surface area contributed by atoms with Crippen molar-refractivity contribution in [1.29, 1.82) is 0 Å². The smallest absolute Gasteiger partial charge is 0.0517 e. The first-order chi connectivity index (χ1) is 11.8. The quantitative estimate of drug-likeness (QED) is 0.169. The Morgan fingerprint density at radius 3 is 1.92 bits per heavy atom. The summed E-state index contributed by atoms with van der Waals surface area (Å²) in [5, 5.41) is 1.87. The second kappa shape index (κ2) is 15.3. The second-order valence-electron chi connectivity index (χ2n) is 6.76. The maximum atomic E-state index is 6.07. The molecule has 0 saturated carbocycles. The molecule has 0 saturated heterocycles. The van der Waals surface area contributed by atoms with E-state index in [1.165, 1.54) is 77.0 Å². The molecule has 0 atom stereocenters. The van der Waals surface area contributed by atoms with Gasteiger partial charge in [0.05, 0.1) is 5.69 Å². The lowest BCUT2D eigenvalue weighted by molar-refractivity contribution is 0.567. The lowest BCUT2D eigenvalue weighted by atomic mass is 10.1. The Bertz CT molecular complexity index is 400. The molecule has 1 rings (SSSR count). The average Bonchev–Trinajstić information content (AvgIpc) is 2.62. The van der Waals surface area contributed by atoms with Crippen LogP contribution in [0.1, 0.15) is 84.0 Å². The van der Waals surface area contributed by atoms with Crippen molar-refractivity contribution in [3.8, 4) is 0 Å². The number of nitrogens with zero attached hydrogens (tertiary/aromatic N) is 1. The van der Waals surface area contributed by atoms with Crippen molar-refractivity contribution in [1.82, 2.24) is 0 Å². The summed E-state index contributed by atoms with van der Waals surface area (Å²) in [6.45, 7) is 3.21. The van der Waals surface area contributed by atoms with Gasteiger partial charge in [-0.3, -0.25) is 0 Å². The van der Waals surface area contributed by atoms with Gasteiger partial charge in [0.1, 0.15) is 0 Å². The van der Waals surface area contributed by atoms with Gasteiger partial charge in [-0.1, -0.05) is 88.6 Å². The van der Waals surface area contributed by atoms with E-state index >= 15 is 0 Å². The molecule has 0 aliphatic carbocycles. The van der Waals surface area contributed by atoms with Crippen LogP contribution in [0.15, 0.2) is 42.5 Å². The number of nitrogens with two attached hydrogens (primary N) is 1. The van der Waals surface area contributed by atoms with E-state index in [4.69, 9.17) is 5.84 Å². The van der Waals surface area contributed by atoms with E-state index in [0.29, 0.717) is 0 Å². The highest BCUT2D eigenvalue weighted by atomic mass is 15.4. The molecule has 0 aliphatic heterocycles. The topological polar surface area (TPSA) is 29.3 Å². The third kappa shape index (κ3) is 11.3. The third-order valence-electron chi connectivity index (χ3n) is 4.50. The second-order valence-corrected chi connectivity index (χ2v) is 6.76. The van der Waals surface area contributed by atoms with Gasteiger partial charge in [-0.2, -0.15) is 0 Å². The van der Waals surface area contributed by atoms with Crippen molar-refractivity contribution in [3.63, 3.8) is 0 Å². The molecule has 0 bridgehead atoms. The highest BCUT2D eigenvalue weighted by molar-refractivity contribution is 5.43. The SMILES string of the molecule is CCCCC=CCCCCCCCCCCN(N)c1ccccc1. The van der Waals surface area contributed by atoms with Crippen molar-refractivity contribution in [3.05, 3.63) is 42.5 Å². The van der Waals surface area contributed by atoms with E-state index in [1.54, 1.807) is 0 Å². The predicted molar refractivity (Wildman–Crippen MR) is 108 cm³/mol. The van der Waals surface area contributed by atoms with Crippen LogP contribution in [0.3, 0.4) is 0 Å². The van der Waals surface area contributed by atoms with Gasteiger partial charge in [0.25, 0.3) is 0 Å². The zero-order valence-electron chi connectivity index (χ0n) is 15.8. The molecule has 2 heteroatoms. The van der Waals surface area contributed by atoms with Crippen LogP contribution in [0, 0.1) is 0 Å². The summed E-state index contributed by atoms with van der Waals surface area (Å²) in [6.07, 6.45) is 20.7. The molecule has 0 fully saturated rings. The zero-order chi connectivity index (χ0) is 17.3. The molecular formula is C22H38N2. The molecule has 0 radical (unpaired) electrons. The number of allylic oxidation sites excluding steroid dienone is 2. The Kier molecular flexibility index (Phi) is 13.2. The Morgan fingerprint density at radius 2 is 1.29 bits per heavy atom. The standard InChI is InChI=1S/C22H38N2/c1-2-3-4-5-6-7-8-9-10-11-12-13-14-18-21-24(23)22-19-16-15-17-20-22/h5-6,15-17,19-20H,2-4,7-14,18,21,23H2,1H3. The lowest BCUT2D eigenvalue weighted by Gasteiger charge is -2.18. The maximum absolute atomic E-state index is 6.07. The van der Waals surface area contributed by atoms with E-state index in [2.05, 4.69) is 31.2 Å². The monoisotopic (exact) mass is 330 g/mol.